The largest absolute Gasteiger partial charge is 0.459 e. The highest BCUT2D eigenvalue weighted by Gasteiger charge is 2.48. The van der Waals surface area contributed by atoms with E-state index < -0.39 is 42.2 Å². The van der Waals surface area contributed by atoms with Gasteiger partial charge in [0.25, 0.3) is 0 Å². The maximum Gasteiger partial charge on any atom is 0.408 e. The topological polar surface area (TPSA) is 167 Å². The smallest absolute Gasteiger partial charge is 0.408 e. The molecule has 1 fully saturated rings. The van der Waals surface area contributed by atoms with Crippen LogP contribution >= 0.6 is 0 Å². The summed E-state index contributed by atoms with van der Waals surface area (Å²) in [6.07, 6.45) is -4.74. The maximum absolute atomic E-state index is 12.7. The minimum Gasteiger partial charge on any atom is -0.459 e. The Bertz CT molecular complexity index is 979. The lowest BCUT2D eigenvalue weighted by atomic mass is 9.97. The van der Waals surface area contributed by atoms with Crippen molar-refractivity contribution in [3.8, 4) is 0 Å². The Morgan fingerprint density at radius 2 is 1.57 bits per heavy atom. The zero-order valence-electron chi connectivity index (χ0n) is 20.4. The van der Waals surface area contributed by atoms with E-state index in [1.54, 1.807) is 0 Å². The third-order valence-electron chi connectivity index (χ3n) is 5.92. The highest BCUT2D eigenvalue weighted by Crippen LogP contribution is 2.23. The normalized spacial score (nSPS) is 24.2. The van der Waals surface area contributed by atoms with Crippen molar-refractivity contribution in [3.63, 3.8) is 0 Å². The molecule has 0 spiro atoms. The zero-order chi connectivity index (χ0) is 26.7. The fraction of sp³-hybridized carbons (Fsp3) is 0.462. The molecule has 202 valence electrons. The molecule has 11 nitrogen and oxygen atoms in total. The molecular weight excluding hydrogens is 484 g/mol. The summed E-state index contributed by atoms with van der Waals surface area (Å²) < 4.78 is 15.7. The molecule has 0 saturated carbocycles. The SMILES string of the molecule is O=C(NC(CCCNCC1(O)OCC(O)C(O)C1O)C(=O)OCc1ccccc1)OCc1ccccc1. The molecule has 0 aliphatic carbocycles. The van der Waals surface area contributed by atoms with E-state index in [1.165, 1.54) is 0 Å². The van der Waals surface area contributed by atoms with Gasteiger partial charge in [-0.25, -0.2) is 9.59 Å². The molecule has 0 bridgehead atoms. The van der Waals surface area contributed by atoms with Crippen LogP contribution in [0.15, 0.2) is 60.7 Å². The molecule has 1 saturated heterocycles. The Morgan fingerprint density at radius 1 is 0.973 bits per heavy atom. The number of aliphatic hydroxyl groups excluding tert-OH is 3. The molecule has 2 aromatic carbocycles. The van der Waals surface area contributed by atoms with E-state index in [2.05, 4.69) is 10.6 Å². The lowest BCUT2D eigenvalue weighted by Crippen LogP contribution is -2.64. The third kappa shape index (κ3) is 8.78. The van der Waals surface area contributed by atoms with E-state index in [0.29, 0.717) is 6.42 Å². The molecule has 1 amide bonds. The van der Waals surface area contributed by atoms with Crippen molar-refractivity contribution in [1.82, 2.24) is 10.6 Å². The Morgan fingerprint density at radius 3 is 2.19 bits per heavy atom. The number of hydrogen-bond donors (Lipinski definition) is 6. The molecule has 1 heterocycles. The van der Waals surface area contributed by atoms with Gasteiger partial charge in [-0.2, -0.15) is 0 Å². The van der Waals surface area contributed by atoms with Gasteiger partial charge in [0.15, 0.2) is 0 Å². The zero-order valence-corrected chi connectivity index (χ0v) is 20.4. The molecule has 5 atom stereocenters. The number of nitrogens with one attached hydrogen (secondary N) is 2. The van der Waals surface area contributed by atoms with E-state index in [4.69, 9.17) is 14.2 Å². The van der Waals surface area contributed by atoms with Gasteiger partial charge in [-0.3, -0.25) is 0 Å². The predicted octanol–water partition coefficient (Wildman–Crippen LogP) is 0.196. The summed E-state index contributed by atoms with van der Waals surface area (Å²) in [5.41, 5.74) is 1.60. The standard InChI is InChI=1S/C26H34N2O9/c29-21-16-37-26(34,23(31)22(21)30)17-27-13-7-12-20(24(32)35-14-18-8-3-1-4-9-18)28-25(33)36-15-19-10-5-2-6-11-19/h1-6,8-11,20-23,27,29-31,34H,7,12-17H2,(H,28,33). The van der Waals surface area contributed by atoms with Crippen molar-refractivity contribution in [3.05, 3.63) is 71.8 Å². The summed E-state index contributed by atoms with van der Waals surface area (Å²) >= 11 is 0. The van der Waals surface area contributed by atoms with Crippen molar-refractivity contribution < 1.29 is 44.2 Å². The third-order valence-corrected chi connectivity index (χ3v) is 5.92. The molecule has 6 N–H and O–H groups in total. The van der Waals surface area contributed by atoms with Gasteiger partial charge in [0, 0.05) is 0 Å². The molecule has 1 aliphatic rings. The molecule has 3 rings (SSSR count). The van der Waals surface area contributed by atoms with Gasteiger partial charge >= 0.3 is 12.1 Å². The second-order valence-corrected chi connectivity index (χ2v) is 8.83. The first kappa shape index (κ1) is 28.5. The molecule has 1 aliphatic heterocycles. The minimum atomic E-state index is -2.08. The number of amides is 1. The number of benzene rings is 2. The summed E-state index contributed by atoms with van der Waals surface area (Å²) in [7, 11) is 0. The van der Waals surface area contributed by atoms with E-state index >= 15 is 0 Å². The van der Waals surface area contributed by atoms with Crippen LogP contribution in [0.2, 0.25) is 0 Å². The Hall–Kier alpha value is -3.06. The van der Waals surface area contributed by atoms with E-state index in [9.17, 15) is 30.0 Å². The van der Waals surface area contributed by atoms with E-state index in [-0.39, 0.29) is 39.3 Å². The van der Waals surface area contributed by atoms with E-state index in [1.807, 2.05) is 60.7 Å². The van der Waals surface area contributed by atoms with Crippen LogP contribution in [0.5, 0.6) is 0 Å². The summed E-state index contributed by atoms with van der Waals surface area (Å²) in [5.74, 6) is -2.70. The predicted molar refractivity (Wildman–Crippen MR) is 131 cm³/mol. The quantitative estimate of drug-likeness (QED) is 0.169. The van der Waals surface area contributed by atoms with Gasteiger partial charge in [-0.15, -0.1) is 0 Å². The molecule has 0 aromatic heterocycles. The van der Waals surface area contributed by atoms with Crippen LogP contribution < -0.4 is 10.6 Å². The fourth-order valence-corrected chi connectivity index (χ4v) is 3.73. The molecular formula is C26H34N2O9. The summed E-state index contributed by atoms with van der Waals surface area (Å²) in [6, 6.07) is 17.3. The average molecular weight is 519 g/mol. The number of rotatable bonds is 12. The van der Waals surface area contributed by atoms with Gasteiger partial charge in [0.05, 0.1) is 13.2 Å². The van der Waals surface area contributed by atoms with Gasteiger partial charge < -0.3 is 45.3 Å². The van der Waals surface area contributed by atoms with Crippen molar-refractivity contribution in [2.75, 3.05) is 19.7 Å². The monoisotopic (exact) mass is 518 g/mol. The Kier molecular flexibility index (Phi) is 10.8. The summed E-state index contributed by atoms with van der Waals surface area (Å²) in [4.78, 5) is 25.1. The first-order valence-electron chi connectivity index (χ1n) is 12.1. The van der Waals surface area contributed by atoms with Crippen LogP contribution in [0.25, 0.3) is 0 Å². The number of alkyl carbamates (subject to hydrolysis) is 1. The maximum atomic E-state index is 12.7. The van der Waals surface area contributed by atoms with Crippen molar-refractivity contribution >= 4 is 12.1 Å². The molecule has 37 heavy (non-hydrogen) atoms. The first-order chi connectivity index (χ1) is 17.8. The Balaban J connectivity index is 1.49. The van der Waals surface area contributed by atoms with Crippen molar-refractivity contribution in [1.29, 1.82) is 0 Å². The van der Waals surface area contributed by atoms with Gasteiger partial charge in [-0.1, -0.05) is 60.7 Å². The molecule has 2 aromatic rings. The van der Waals surface area contributed by atoms with Crippen LogP contribution in [0.1, 0.15) is 24.0 Å². The first-order valence-corrected chi connectivity index (χ1v) is 12.1. The van der Waals surface area contributed by atoms with E-state index in [0.717, 1.165) is 11.1 Å². The Labute approximate surface area is 215 Å². The summed E-state index contributed by atoms with van der Waals surface area (Å²) in [6.45, 7) is -0.193. The lowest BCUT2D eigenvalue weighted by molar-refractivity contribution is -0.317. The number of carbonyl (C=O) groups excluding carboxylic acids is 2. The molecule has 0 radical (unpaired) electrons. The highest BCUT2D eigenvalue weighted by molar-refractivity contribution is 5.81. The van der Waals surface area contributed by atoms with Crippen molar-refractivity contribution in [2.24, 2.45) is 0 Å². The van der Waals surface area contributed by atoms with Gasteiger partial charge in [-0.05, 0) is 30.5 Å². The number of ether oxygens (including phenoxy) is 3. The molecule has 5 unspecified atom stereocenters. The minimum absolute atomic E-state index is 0.0431. The van der Waals surface area contributed by atoms with Crippen LogP contribution in [-0.2, 0) is 32.2 Å². The van der Waals surface area contributed by atoms with Crippen LogP contribution in [0, 0.1) is 0 Å². The number of aliphatic hydroxyl groups is 4. The van der Waals surface area contributed by atoms with Gasteiger partial charge in [0.2, 0.25) is 5.79 Å². The van der Waals surface area contributed by atoms with Crippen LogP contribution in [0.3, 0.4) is 0 Å². The average Bonchev–Trinajstić information content (AvgIpc) is 2.92. The lowest BCUT2D eigenvalue weighted by Gasteiger charge is -2.41. The number of hydrogen-bond acceptors (Lipinski definition) is 10. The highest BCUT2D eigenvalue weighted by atomic mass is 16.6. The number of esters is 1. The van der Waals surface area contributed by atoms with Crippen molar-refractivity contribution in [2.45, 2.75) is 56.2 Å². The second-order valence-electron chi connectivity index (χ2n) is 8.83. The second kappa shape index (κ2) is 14.0. The van der Waals surface area contributed by atoms with Gasteiger partial charge in [0.1, 0.15) is 37.6 Å². The fourth-order valence-electron chi connectivity index (χ4n) is 3.73. The van der Waals surface area contributed by atoms with Crippen LogP contribution in [0.4, 0.5) is 4.79 Å². The molecule has 11 heteroatoms. The number of carbonyl (C=O) groups is 2. The summed E-state index contributed by atoms with van der Waals surface area (Å²) in [5, 5.41) is 45.2. The van der Waals surface area contributed by atoms with Crippen LogP contribution in [-0.4, -0.2) is 82.3 Å².